The molecule has 7 heteroatoms. The maximum Gasteiger partial charge on any atom is 0.271 e. The summed E-state index contributed by atoms with van der Waals surface area (Å²) in [6.07, 6.45) is 0. The van der Waals surface area contributed by atoms with Crippen LogP contribution < -0.4 is 4.72 Å². The SMILES string of the molecule is Cc1cc(F)cc(NS(=O)(=O)c2cc(C)c(CO)s2)c1. The van der Waals surface area contributed by atoms with Gasteiger partial charge in [0.15, 0.2) is 0 Å². The number of halogens is 1. The van der Waals surface area contributed by atoms with Crippen molar-refractivity contribution in [2.75, 3.05) is 4.72 Å². The van der Waals surface area contributed by atoms with Crippen molar-refractivity contribution in [3.05, 3.63) is 46.1 Å². The molecule has 1 aromatic carbocycles. The maximum absolute atomic E-state index is 13.3. The first-order valence-electron chi connectivity index (χ1n) is 5.82. The molecule has 0 radical (unpaired) electrons. The Morgan fingerprint density at radius 2 is 1.95 bits per heavy atom. The quantitative estimate of drug-likeness (QED) is 0.912. The van der Waals surface area contributed by atoms with Gasteiger partial charge in [-0.05, 0) is 49.2 Å². The van der Waals surface area contributed by atoms with Crippen LogP contribution in [0.25, 0.3) is 0 Å². The lowest BCUT2D eigenvalue weighted by Crippen LogP contribution is -2.11. The Bertz CT molecular complexity index is 718. The van der Waals surface area contributed by atoms with Crippen molar-refractivity contribution in [1.82, 2.24) is 0 Å². The second-order valence-electron chi connectivity index (χ2n) is 4.45. The van der Waals surface area contributed by atoms with Crippen molar-refractivity contribution in [2.24, 2.45) is 0 Å². The molecule has 0 bridgehead atoms. The Morgan fingerprint density at radius 3 is 2.50 bits per heavy atom. The number of rotatable bonds is 4. The van der Waals surface area contributed by atoms with Crippen molar-refractivity contribution in [2.45, 2.75) is 24.7 Å². The van der Waals surface area contributed by atoms with E-state index in [1.165, 1.54) is 12.1 Å². The molecule has 0 amide bonds. The monoisotopic (exact) mass is 315 g/mol. The smallest absolute Gasteiger partial charge is 0.271 e. The van der Waals surface area contributed by atoms with E-state index in [0.29, 0.717) is 16.0 Å². The van der Waals surface area contributed by atoms with Gasteiger partial charge in [0, 0.05) is 4.88 Å². The lowest BCUT2D eigenvalue weighted by Gasteiger charge is -2.07. The van der Waals surface area contributed by atoms with Crippen molar-refractivity contribution >= 4 is 27.0 Å². The Morgan fingerprint density at radius 1 is 1.25 bits per heavy atom. The third kappa shape index (κ3) is 3.17. The molecule has 1 aromatic heterocycles. The number of hydrogen-bond donors (Lipinski definition) is 2. The fourth-order valence-corrected chi connectivity index (χ4v) is 4.27. The van der Waals surface area contributed by atoms with E-state index in [1.807, 2.05) is 0 Å². The molecule has 2 rings (SSSR count). The minimum Gasteiger partial charge on any atom is -0.391 e. The van der Waals surface area contributed by atoms with Crippen LogP contribution in [0.15, 0.2) is 28.5 Å². The number of benzene rings is 1. The van der Waals surface area contributed by atoms with Gasteiger partial charge >= 0.3 is 0 Å². The van der Waals surface area contributed by atoms with Crippen LogP contribution in [0.1, 0.15) is 16.0 Å². The number of hydrogen-bond acceptors (Lipinski definition) is 4. The van der Waals surface area contributed by atoms with E-state index in [4.69, 9.17) is 5.11 Å². The maximum atomic E-state index is 13.3. The predicted molar refractivity (Wildman–Crippen MR) is 76.9 cm³/mol. The van der Waals surface area contributed by atoms with E-state index in [2.05, 4.69) is 4.72 Å². The number of thiophene rings is 1. The van der Waals surface area contributed by atoms with Crippen molar-refractivity contribution < 1.29 is 17.9 Å². The Labute approximate surface area is 120 Å². The molecule has 1 heterocycles. The molecule has 0 spiro atoms. The number of anilines is 1. The van der Waals surface area contributed by atoms with E-state index in [9.17, 15) is 12.8 Å². The molecule has 0 atom stereocenters. The molecule has 2 N–H and O–H groups in total. The van der Waals surface area contributed by atoms with Gasteiger partial charge in [-0.25, -0.2) is 12.8 Å². The minimum absolute atomic E-state index is 0.0981. The van der Waals surface area contributed by atoms with Gasteiger partial charge in [-0.2, -0.15) is 0 Å². The number of aliphatic hydroxyl groups is 1. The normalized spacial score (nSPS) is 11.6. The summed E-state index contributed by atoms with van der Waals surface area (Å²) in [4.78, 5) is 0.598. The number of nitrogens with one attached hydrogen (secondary N) is 1. The number of sulfonamides is 1. The first-order valence-corrected chi connectivity index (χ1v) is 8.12. The van der Waals surface area contributed by atoms with Crippen LogP contribution in [0.4, 0.5) is 10.1 Å². The zero-order valence-electron chi connectivity index (χ0n) is 11.0. The van der Waals surface area contributed by atoms with Crippen molar-refractivity contribution in [1.29, 1.82) is 0 Å². The molecule has 0 saturated carbocycles. The summed E-state index contributed by atoms with van der Waals surface area (Å²) in [5.41, 5.74) is 1.52. The van der Waals surface area contributed by atoms with Crippen LogP contribution in [0.5, 0.6) is 0 Å². The molecule has 2 aromatic rings. The summed E-state index contributed by atoms with van der Waals surface area (Å²) in [5, 5.41) is 9.11. The topological polar surface area (TPSA) is 66.4 Å². The molecule has 0 aliphatic heterocycles. The van der Waals surface area contributed by atoms with E-state index in [0.717, 1.165) is 17.4 Å². The molecule has 0 fully saturated rings. The van der Waals surface area contributed by atoms with Crippen molar-refractivity contribution in [3.63, 3.8) is 0 Å². The van der Waals surface area contributed by atoms with Crippen LogP contribution in [-0.2, 0) is 16.6 Å². The first-order chi connectivity index (χ1) is 9.31. The third-order valence-electron chi connectivity index (χ3n) is 2.70. The van der Waals surface area contributed by atoms with Crippen molar-refractivity contribution in [3.8, 4) is 0 Å². The molecule has 0 aliphatic rings. The van der Waals surface area contributed by atoms with Crippen LogP contribution in [0.3, 0.4) is 0 Å². The number of aryl methyl sites for hydroxylation is 2. The highest BCUT2D eigenvalue weighted by atomic mass is 32.2. The van der Waals surface area contributed by atoms with Gasteiger partial charge < -0.3 is 5.11 Å². The van der Waals surface area contributed by atoms with E-state index in [-0.39, 0.29) is 16.5 Å². The Hall–Kier alpha value is -1.44. The van der Waals surface area contributed by atoms with Gasteiger partial charge in [0.2, 0.25) is 0 Å². The average molecular weight is 315 g/mol. The van der Waals surface area contributed by atoms with Gasteiger partial charge in [0.1, 0.15) is 10.0 Å². The highest BCUT2D eigenvalue weighted by Crippen LogP contribution is 2.28. The second kappa shape index (κ2) is 5.51. The highest BCUT2D eigenvalue weighted by molar-refractivity contribution is 7.94. The molecule has 0 unspecified atom stereocenters. The fraction of sp³-hybridized carbons (Fsp3) is 0.231. The Balaban J connectivity index is 2.35. The minimum atomic E-state index is -3.77. The van der Waals surface area contributed by atoms with Crippen LogP contribution in [-0.4, -0.2) is 13.5 Å². The number of aliphatic hydroxyl groups excluding tert-OH is 1. The average Bonchev–Trinajstić information content (AvgIpc) is 2.69. The van der Waals surface area contributed by atoms with Gasteiger partial charge in [0.25, 0.3) is 10.0 Å². The van der Waals surface area contributed by atoms with E-state index >= 15 is 0 Å². The first kappa shape index (κ1) is 15.0. The Kier molecular flexibility index (Phi) is 4.12. The largest absolute Gasteiger partial charge is 0.391 e. The highest BCUT2D eigenvalue weighted by Gasteiger charge is 2.19. The lowest BCUT2D eigenvalue weighted by atomic mass is 10.2. The zero-order chi connectivity index (χ0) is 14.9. The standard InChI is InChI=1S/C13H14FNO3S2/c1-8-3-10(14)6-11(4-8)15-20(17,18)13-5-9(2)12(7-16)19-13/h3-6,15-16H,7H2,1-2H3. The van der Waals surface area contributed by atoms with Crippen LogP contribution in [0.2, 0.25) is 0 Å². The van der Waals surface area contributed by atoms with E-state index in [1.54, 1.807) is 19.9 Å². The third-order valence-corrected chi connectivity index (χ3v) is 5.78. The summed E-state index contributed by atoms with van der Waals surface area (Å²) in [7, 11) is -3.77. The molecule has 0 aliphatic carbocycles. The van der Waals surface area contributed by atoms with Gasteiger partial charge in [-0.15, -0.1) is 11.3 Å². The summed E-state index contributed by atoms with van der Waals surface area (Å²) >= 11 is 1.000. The van der Waals surface area contributed by atoms with Gasteiger partial charge in [-0.3, -0.25) is 4.72 Å². The van der Waals surface area contributed by atoms with Crippen LogP contribution >= 0.6 is 11.3 Å². The summed E-state index contributed by atoms with van der Waals surface area (Å²) in [5.74, 6) is -0.499. The fourth-order valence-electron chi connectivity index (χ4n) is 1.78. The van der Waals surface area contributed by atoms with Gasteiger partial charge in [0.05, 0.1) is 12.3 Å². The molecule has 108 valence electrons. The molecular weight excluding hydrogens is 301 g/mol. The lowest BCUT2D eigenvalue weighted by molar-refractivity contribution is 0.285. The second-order valence-corrected chi connectivity index (χ2v) is 7.50. The van der Waals surface area contributed by atoms with E-state index < -0.39 is 15.8 Å². The summed E-state index contributed by atoms with van der Waals surface area (Å²) in [6, 6.07) is 5.48. The summed E-state index contributed by atoms with van der Waals surface area (Å²) in [6.45, 7) is 3.21. The summed E-state index contributed by atoms with van der Waals surface area (Å²) < 4.78 is 40.1. The van der Waals surface area contributed by atoms with Crippen LogP contribution in [0, 0.1) is 19.7 Å². The molecular formula is C13H14FNO3S2. The predicted octanol–water partition coefficient (Wildman–Crippen LogP) is 2.80. The zero-order valence-corrected chi connectivity index (χ0v) is 12.6. The molecule has 0 saturated heterocycles. The molecule has 4 nitrogen and oxygen atoms in total. The van der Waals surface area contributed by atoms with Gasteiger partial charge in [-0.1, -0.05) is 0 Å². The molecule has 20 heavy (non-hydrogen) atoms.